The Morgan fingerprint density at radius 3 is 2.65 bits per heavy atom. The van der Waals surface area contributed by atoms with Gasteiger partial charge in [-0.3, -0.25) is 4.79 Å². The second-order valence-corrected chi connectivity index (χ2v) is 6.69. The van der Waals surface area contributed by atoms with Gasteiger partial charge in [-0.1, -0.05) is 0 Å². The summed E-state index contributed by atoms with van der Waals surface area (Å²) in [6.07, 6.45) is 5.71. The number of likely N-dealkylation sites (tertiary alicyclic amines) is 2. The summed E-state index contributed by atoms with van der Waals surface area (Å²) in [7, 11) is 2.13. The number of aromatic nitrogens is 2. The molecule has 0 N–H and O–H groups in total. The number of rotatable bonds is 5. The smallest absolute Gasteiger partial charge is 0.222 e. The van der Waals surface area contributed by atoms with Gasteiger partial charge >= 0.3 is 0 Å². The van der Waals surface area contributed by atoms with Crippen LogP contribution in [-0.4, -0.2) is 71.5 Å². The lowest BCUT2D eigenvalue weighted by atomic mass is 10.0. The lowest BCUT2D eigenvalue weighted by molar-refractivity contribution is -0.127. The van der Waals surface area contributed by atoms with Crippen molar-refractivity contribution in [3.05, 3.63) is 18.1 Å². The molecule has 2 aliphatic heterocycles. The monoisotopic (exact) mass is 317 g/mol. The first kappa shape index (κ1) is 16.2. The van der Waals surface area contributed by atoms with Crippen LogP contribution in [0.15, 0.2) is 12.4 Å². The summed E-state index contributed by atoms with van der Waals surface area (Å²) in [5, 5.41) is 0. The number of hydrogen-bond donors (Lipinski definition) is 0. The van der Waals surface area contributed by atoms with Gasteiger partial charge in [0.25, 0.3) is 0 Å². The summed E-state index contributed by atoms with van der Waals surface area (Å²) in [4.78, 5) is 27.0. The first-order chi connectivity index (χ1) is 11.1. The zero-order valence-corrected chi connectivity index (χ0v) is 14.2. The van der Waals surface area contributed by atoms with Crippen LogP contribution in [0.25, 0.3) is 0 Å². The second-order valence-electron chi connectivity index (χ2n) is 6.69. The first-order valence-corrected chi connectivity index (χ1v) is 8.65. The molecule has 2 aliphatic rings. The molecular formula is C17H27N5O. The van der Waals surface area contributed by atoms with Crippen LogP contribution in [0.2, 0.25) is 0 Å². The highest BCUT2D eigenvalue weighted by atomic mass is 16.2. The second kappa shape index (κ2) is 7.25. The minimum absolute atomic E-state index is 0.332. The predicted molar refractivity (Wildman–Crippen MR) is 90.4 cm³/mol. The molecule has 0 aromatic carbocycles. The average Bonchev–Trinajstić information content (AvgIpc) is 2.98. The van der Waals surface area contributed by atoms with Gasteiger partial charge in [0.1, 0.15) is 12.1 Å². The van der Waals surface area contributed by atoms with E-state index in [9.17, 15) is 4.79 Å². The highest BCUT2D eigenvalue weighted by Crippen LogP contribution is 2.20. The van der Waals surface area contributed by atoms with E-state index >= 15 is 0 Å². The highest BCUT2D eigenvalue weighted by Gasteiger charge is 2.25. The summed E-state index contributed by atoms with van der Waals surface area (Å²) in [5.74, 6) is 1.34. The lowest BCUT2D eigenvalue weighted by Crippen LogP contribution is -2.46. The Bertz CT molecular complexity index is 542. The van der Waals surface area contributed by atoms with Crippen molar-refractivity contribution in [3.63, 3.8) is 0 Å². The van der Waals surface area contributed by atoms with Crippen LogP contribution in [0.4, 0.5) is 5.82 Å². The van der Waals surface area contributed by atoms with Crippen LogP contribution in [-0.2, 0) is 4.79 Å². The quantitative estimate of drug-likeness (QED) is 0.819. The van der Waals surface area contributed by atoms with Crippen LogP contribution in [0.3, 0.4) is 0 Å². The number of nitrogens with zero attached hydrogens (tertiary/aromatic N) is 5. The van der Waals surface area contributed by atoms with Gasteiger partial charge in [0.2, 0.25) is 5.91 Å². The van der Waals surface area contributed by atoms with Gasteiger partial charge in [0.05, 0.1) is 0 Å². The zero-order chi connectivity index (χ0) is 16.2. The normalized spacial score (nSPS) is 20.3. The van der Waals surface area contributed by atoms with Gasteiger partial charge in [-0.05, 0) is 26.2 Å². The molecule has 1 aromatic rings. The van der Waals surface area contributed by atoms with Gasteiger partial charge in [0, 0.05) is 64.0 Å². The van der Waals surface area contributed by atoms with E-state index in [4.69, 9.17) is 0 Å². The molecule has 0 unspecified atom stereocenters. The maximum absolute atomic E-state index is 11.7. The highest BCUT2D eigenvalue weighted by molar-refractivity contribution is 5.78. The minimum atomic E-state index is 0.332. The van der Waals surface area contributed by atoms with E-state index in [2.05, 4.69) is 26.8 Å². The van der Waals surface area contributed by atoms with Crippen LogP contribution in [0, 0.1) is 6.92 Å². The van der Waals surface area contributed by atoms with Gasteiger partial charge < -0.3 is 14.7 Å². The Kier molecular flexibility index (Phi) is 5.10. The van der Waals surface area contributed by atoms with Crippen molar-refractivity contribution in [1.29, 1.82) is 0 Å². The predicted octanol–water partition coefficient (Wildman–Crippen LogP) is 1.31. The number of piperidine rings is 1. The molecule has 6 nitrogen and oxygen atoms in total. The molecule has 0 spiro atoms. The summed E-state index contributed by atoms with van der Waals surface area (Å²) in [6, 6.07) is 2.58. The molecule has 2 saturated heterocycles. The van der Waals surface area contributed by atoms with E-state index in [-0.39, 0.29) is 0 Å². The Labute approximate surface area is 138 Å². The topological polar surface area (TPSA) is 52.6 Å². The van der Waals surface area contributed by atoms with Crippen LogP contribution in [0.1, 0.15) is 31.4 Å². The van der Waals surface area contributed by atoms with E-state index in [1.165, 1.54) is 0 Å². The minimum Gasteiger partial charge on any atom is -0.356 e. The molecule has 0 bridgehead atoms. The number of amides is 1. The summed E-state index contributed by atoms with van der Waals surface area (Å²) >= 11 is 0. The molecule has 0 aliphatic carbocycles. The molecule has 0 saturated carbocycles. The first-order valence-electron chi connectivity index (χ1n) is 8.65. The number of hydrogen-bond acceptors (Lipinski definition) is 5. The standard InChI is InChI=1S/C17H27N5O/c1-14-12-16(19-13-18-14)20(2)15-5-8-21(9-6-15)10-11-22-7-3-4-17(22)23/h12-13,15H,3-11H2,1-2H3. The lowest BCUT2D eigenvalue weighted by Gasteiger charge is -2.37. The third-order valence-electron chi connectivity index (χ3n) is 5.11. The van der Waals surface area contributed by atoms with Crippen molar-refractivity contribution in [1.82, 2.24) is 19.8 Å². The molecule has 23 heavy (non-hydrogen) atoms. The molecule has 3 heterocycles. The molecule has 0 radical (unpaired) electrons. The van der Waals surface area contributed by atoms with E-state index in [1.54, 1.807) is 6.33 Å². The van der Waals surface area contributed by atoms with E-state index < -0.39 is 0 Å². The van der Waals surface area contributed by atoms with Crippen molar-refractivity contribution in [2.45, 2.75) is 38.6 Å². The van der Waals surface area contributed by atoms with Crippen molar-refractivity contribution in [2.75, 3.05) is 44.7 Å². The largest absolute Gasteiger partial charge is 0.356 e. The fourth-order valence-electron chi connectivity index (χ4n) is 3.55. The van der Waals surface area contributed by atoms with Crippen molar-refractivity contribution in [2.24, 2.45) is 0 Å². The molecule has 1 aromatic heterocycles. The van der Waals surface area contributed by atoms with Crippen molar-refractivity contribution < 1.29 is 4.79 Å². The number of carbonyl (C=O) groups is 1. The Morgan fingerprint density at radius 2 is 2.00 bits per heavy atom. The SMILES string of the molecule is Cc1cc(N(C)C2CCN(CCN3CCCC3=O)CC2)ncn1. The summed E-state index contributed by atoms with van der Waals surface area (Å²) in [5.41, 5.74) is 1.01. The van der Waals surface area contributed by atoms with Gasteiger partial charge in [-0.15, -0.1) is 0 Å². The van der Waals surface area contributed by atoms with Crippen molar-refractivity contribution in [3.8, 4) is 0 Å². The summed E-state index contributed by atoms with van der Waals surface area (Å²) in [6.45, 7) is 7.05. The van der Waals surface area contributed by atoms with Gasteiger partial charge in [-0.25, -0.2) is 9.97 Å². The van der Waals surface area contributed by atoms with Gasteiger partial charge in [-0.2, -0.15) is 0 Å². The van der Waals surface area contributed by atoms with E-state index in [0.717, 1.165) is 69.9 Å². The van der Waals surface area contributed by atoms with E-state index in [0.29, 0.717) is 11.9 Å². The molecule has 2 fully saturated rings. The fraction of sp³-hybridized carbons (Fsp3) is 0.706. The molecular weight excluding hydrogens is 290 g/mol. The van der Waals surface area contributed by atoms with Gasteiger partial charge in [0.15, 0.2) is 0 Å². The number of carbonyl (C=O) groups excluding carboxylic acids is 1. The molecule has 0 atom stereocenters. The Hall–Kier alpha value is -1.69. The van der Waals surface area contributed by atoms with Crippen LogP contribution < -0.4 is 4.90 Å². The fourth-order valence-corrected chi connectivity index (χ4v) is 3.55. The van der Waals surface area contributed by atoms with Crippen LogP contribution >= 0.6 is 0 Å². The maximum Gasteiger partial charge on any atom is 0.222 e. The molecule has 126 valence electrons. The molecule has 6 heteroatoms. The molecule has 1 amide bonds. The molecule has 3 rings (SSSR count). The maximum atomic E-state index is 11.7. The Balaban J connectivity index is 1.45. The number of anilines is 1. The van der Waals surface area contributed by atoms with Crippen LogP contribution in [0.5, 0.6) is 0 Å². The summed E-state index contributed by atoms with van der Waals surface area (Å²) < 4.78 is 0. The van der Waals surface area contributed by atoms with Crippen molar-refractivity contribution >= 4 is 11.7 Å². The number of aryl methyl sites for hydroxylation is 1. The van der Waals surface area contributed by atoms with E-state index in [1.807, 2.05) is 17.9 Å². The third-order valence-corrected chi connectivity index (χ3v) is 5.11. The zero-order valence-electron chi connectivity index (χ0n) is 14.2. The Morgan fingerprint density at radius 1 is 1.22 bits per heavy atom. The third kappa shape index (κ3) is 3.99. The average molecular weight is 317 g/mol.